The zero-order valence-corrected chi connectivity index (χ0v) is 12.1. The summed E-state index contributed by atoms with van der Waals surface area (Å²) < 4.78 is 4.43. The van der Waals surface area contributed by atoms with Gasteiger partial charge in [-0.2, -0.15) is 0 Å². The molecular formula is C11H12N6O3S. The lowest BCUT2D eigenvalue weighted by atomic mass is 10.4. The lowest BCUT2D eigenvalue weighted by molar-refractivity contribution is -0.114. The molecule has 110 valence electrons. The van der Waals surface area contributed by atoms with Crippen molar-refractivity contribution in [1.29, 1.82) is 0 Å². The maximum atomic E-state index is 11.8. The van der Waals surface area contributed by atoms with Crippen LogP contribution in [0, 0.1) is 13.8 Å². The fourth-order valence-electron chi connectivity index (χ4n) is 1.48. The second-order valence-corrected chi connectivity index (χ2v) is 4.94. The Bertz CT molecular complexity index is 639. The number of carbonyl (C=O) groups excluding carboxylic acids is 2. The van der Waals surface area contributed by atoms with Crippen molar-refractivity contribution in [3.63, 3.8) is 0 Å². The number of aromatic nitrogens is 4. The molecule has 0 aliphatic carbocycles. The molecule has 0 radical (unpaired) electrons. The van der Waals surface area contributed by atoms with E-state index in [0.29, 0.717) is 11.6 Å². The summed E-state index contributed by atoms with van der Waals surface area (Å²) >= 11 is 1.19. The van der Waals surface area contributed by atoms with Crippen LogP contribution in [0.25, 0.3) is 0 Å². The highest BCUT2D eigenvalue weighted by atomic mass is 32.2. The fraction of sp³-hybridized carbons (Fsp3) is 0.273. The summed E-state index contributed by atoms with van der Waals surface area (Å²) in [6.45, 7) is 3.72. The van der Waals surface area contributed by atoms with Crippen LogP contribution in [-0.2, 0) is 9.59 Å². The highest BCUT2D eigenvalue weighted by molar-refractivity contribution is 7.99. The van der Waals surface area contributed by atoms with Gasteiger partial charge in [-0.1, -0.05) is 11.8 Å². The maximum absolute atomic E-state index is 11.8. The Balaban J connectivity index is 1.92. The molecule has 9 nitrogen and oxygen atoms in total. The average molecular weight is 308 g/mol. The number of thioether (sulfide) groups is 1. The molecule has 0 atom stereocenters. The van der Waals surface area contributed by atoms with Crippen molar-refractivity contribution in [2.24, 2.45) is 0 Å². The van der Waals surface area contributed by atoms with E-state index >= 15 is 0 Å². The lowest BCUT2D eigenvalue weighted by Gasteiger charge is -2.03. The zero-order chi connectivity index (χ0) is 15.2. The van der Waals surface area contributed by atoms with E-state index in [1.54, 1.807) is 0 Å². The van der Waals surface area contributed by atoms with Crippen molar-refractivity contribution in [3.05, 3.63) is 17.5 Å². The van der Waals surface area contributed by atoms with Crippen LogP contribution in [0.3, 0.4) is 0 Å². The molecule has 2 aromatic rings. The summed E-state index contributed by atoms with van der Waals surface area (Å²) in [5.41, 5.74) is 1.67. The van der Waals surface area contributed by atoms with E-state index in [-0.39, 0.29) is 23.3 Å². The SMILES string of the molecule is Cc1cc(C)nc(SCC(=O)Nc2nonc2NC=O)n1. The predicted molar refractivity (Wildman–Crippen MR) is 74.8 cm³/mol. The van der Waals surface area contributed by atoms with E-state index in [4.69, 9.17) is 0 Å². The first kappa shape index (κ1) is 14.9. The molecule has 2 amide bonds. The van der Waals surface area contributed by atoms with Gasteiger partial charge < -0.3 is 10.6 Å². The third kappa shape index (κ3) is 4.24. The normalized spacial score (nSPS) is 10.2. The molecule has 2 N–H and O–H groups in total. The summed E-state index contributed by atoms with van der Waals surface area (Å²) in [5, 5.41) is 12.2. The van der Waals surface area contributed by atoms with Gasteiger partial charge in [0.15, 0.2) is 5.16 Å². The highest BCUT2D eigenvalue weighted by Gasteiger charge is 2.13. The van der Waals surface area contributed by atoms with Crippen LogP contribution >= 0.6 is 11.8 Å². The number of anilines is 2. The molecule has 10 heteroatoms. The van der Waals surface area contributed by atoms with Crippen molar-refractivity contribution in [3.8, 4) is 0 Å². The second kappa shape index (κ2) is 6.79. The van der Waals surface area contributed by atoms with Crippen LogP contribution in [0.1, 0.15) is 11.4 Å². The van der Waals surface area contributed by atoms with E-state index in [0.717, 1.165) is 11.4 Å². The Morgan fingerprint density at radius 2 is 1.95 bits per heavy atom. The topological polar surface area (TPSA) is 123 Å². The monoisotopic (exact) mass is 308 g/mol. The molecule has 2 rings (SSSR count). The third-order valence-corrected chi connectivity index (χ3v) is 3.08. The smallest absolute Gasteiger partial charge is 0.236 e. The Labute approximate surface area is 123 Å². The maximum Gasteiger partial charge on any atom is 0.236 e. The van der Waals surface area contributed by atoms with Crippen molar-refractivity contribution in [1.82, 2.24) is 20.3 Å². The third-order valence-electron chi connectivity index (χ3n) is 2.24. The van der Waals surface area contributed by atoms with Gasteiger partial charge in [-0.05, 0) is 30.2 Å². The van der Waals surface area contributed by atoms with E-state index < -0.39 is 0 Å². The molecule has 0 aromatic carbocycles. The van der Waals surface area contributed by atoms with Gasteiger partial charge in [0, 0.05) is 11.4 Å². The molecule has 21 heavy (non-hydrogen) atoms. The molecular weight excluding hydrogens is 296 g/mol. The van der Waals surface area contributed by atoms with E-state index in [1.165, 1.54) is 11.8 Å². The molecule has 0 fully saturated rings. The van der Waals surface area contributed by atoms with Gasteiger partial charge in [0.25, 0.3) is 0 Å². The number of nitrogens with one attached hydrogen (secondary N) is 2. The van der Waals surface area contributed by atoms with Crippen molar-refractivity contribution < 1.29 is 14.2 Å². The number of hydrogen-bond acceptors (Lipinski definition) is 8. The molecule has 0 spiro atoms. The Morgan fingerprint density at radius 1 is 1.29 bits per heavy atom. The van der Waals surface area contributed by atoms with Gasteiger partial charge in [-0.3, -0.25) is 9.59 Å². The van der Waals surface area contributed by atoms with Gasteiger partial charge >= 0.3 is 0 Å². The zero-order valence-electron chi connectivity index (χ0n) is 11.3. The summed E-state index contributed by atoms with van der Waals surface area (Å²) in [7, 11) is 0. The van der Waals surface area contributed by atoms with Gasteiger partial charge in [-0.15, -0.1) is 0 Å². The minimum atomic E-state index is -0.340. The van der Waals surface area contributed by atoms with E-state index in [9.17, 15) is 9.59 Å². The van der Waals surface area contributed by atoms with Gasteiger partial charge in [0.1, 0.15) is 0 Å². The lowest BCUT2D eigenvalue weighted by Crippen LogP contribution is -2.16. The number of carbonyl (C=O) groups is 2. The first-order valence-corrected chi connectivity index (χ1v) is 6.84. The number of aryl methyl sites for hydroxylation is 2. The molecule has 0 saturated heterocycles. The number of hydrogen-bond donors (Lipinski definition) is 2. The summed E-state index contributed by atoms with van der Waals surface area (Å²) in [6.07, 6.45) is 0.410. The van der Waals surface area contributed by atoms with Crippen molar-refractivity contribution in [2.75, 3.05) is 16.4 Å². The molecule has 0 saturated carbocycles. The van der Waals surface area contributed by atoms with E-state index in [1.807, 2.05) is 19.9 Å². The van der Waals surface area contributed by atoms with Crippen LogP contribution < -0.4 is 10.6 Å². The van der Waals surface area contributed by atoms with Gasteiger partial charge in [0.05, 0.1) is 5.75 Å². The van der Waals surface area contributed by atoms with Crippen LogP contribution in [0.4, 0.5) is 11.6 Å². The van der Waals surface area contributed by atoms with Crippen LogP contribution in [-0.4, -0.2) is 38.4 Å². The van der Waals surface area contributed by atoms with Crippen LogP contribution in [0.5, 0.6) is 0 Å². The quantitative estimate of drug-likeness (QED) is 0.456. The largest absolute Gasteiger partial charge is 0.307 e. The Morgan fingerprint density at radius 3 is 2.62 bits per heavy atom. The molecule has 0 aliphatic heterocycles. The van der Waals surface area contributed by atoms with E-state index in [2.05, 4.69) is 35.5 Å². The Kier molecular flexibility index (Phi) is 4.82. The van der Waals surface area contributed by atoms with Gasteiger partial charge in [-0.25, -0.2) is 14.6 Å². The van der Waals surface area contributed by atoms with Crippen molar-refractivity contribution >= 4 is 35.7 Å². The fourth-order valence-corrected chi connectivity index (χ4v) is 2.23. The first-order valence-electron chi connectivity index (χ1n) is 5.86. The summed E-state index contributed by atoms with van der Waals surface area (Å²) in [6, 6.07) is 1.85. The first-order chi connectivity index (χ1) is 10.1. The number of amides is 2. The second-order valence-electron chi connectivity index (χ2n) is 3.99. The predicted octanol–water partition coefficient (Wildman–Crippen LogP) is 0.776. The standard InChI is InChI=1S/C11H12N6O3S/c1-6-3-7(2)14-11(13-6)21-4-8(19)15-10-9(12-5-18)16-20-17-10/h3,5H,4H2,1-2H3,(H,12,16,18)(H,15,17,19). The van der Waals surface area contributed by atoms with Gasteiger partial charge in [0.2, 0.25) is 24.0 Å². The molecule has 2 heterocycles. The molecule has 2 aromatic heterocycles. The van der Waals surface area contributed by atoms with Crippen molar-refractivity contribution in [2.45, 2.75) is 19.0 Å². The Hall–Kier alpha value is -2.49. The average Bonchev–Trinajstić information content (AvgIpc) is 2.83. The van der Waals surface area contributed by atoms with Crippen LogP contribution in [0.2, 0.25) is 0 Å². The minimum absolute atomic E-state index is 0.0472. The summed E-state index contributed by atoms with van der Waals surface area (Å²) in [4.78, 5) is 30.6. The van der Waals surface area contributed by atoms with Crippen LogP contribution in [0.15, 0.2) is 15.9 Å². The minimum Gasteiger partial charge on any atom is -0.307 e. The summed E-state index contributed by atoms with van der Waals surface area (Å²) in [5.74, 6) is -0.150. The molecule has 0 bridgehead atoms. The highest BCUT2D eigenvalue weighted by Crippen LogP contribution is 2.17. The molecule has 0 unspecified atom stereocenters. The number of rotatable bonds is 6. The molecule has 0 aliphatic rings. The number of nitrogens with zero attached hydrogens (tertiary/aromatic N) is 4.